The molecule has 0 bridgehead atoms. The number of benzene rings is 3. The molecule has 0 aromatic heterocycles. The number of rotatable bonds is 21. The van der Waals surface area contributed by atoms with Gasteiger partial charge in [0.15, 0.2) is 0 Å². The van der Waals surface area contributed by atoms with E-state index >= 15 is 0 Å². The monoisotopic (exact) mass is 799 g/mol. The quantitative estimate of drug-likeness (QED) is 0.0833. The van der Waals surface area contributed by atoms with Crippen LogP contribution in [-0.4, -0.2) is 102 Å². The third-order valence-corrected chi connectivity index (χ3v) is 10.4. The number of carbonyl (C=O) groups excluding carboxylic acids is 6. The van der Waals surface area contributed by atoms with Gasteiger partial charge in [-0.25, -0.2) is 4.79 Å². The number of amides is 6. The van der Waals surface area contributed by atoms with Gasteiger partial charge in [-0.15, -0.1) is 0 Å². The number of alkyl carbamates (subject to hydrolysis) is 1. The number of carbonyl (C=O) groups is 6. The van der Waals surface area contributed by atoms with E-state index in [1.54, 1.807) is 24.3 Å². The highest BCUT2D eigenvalue weighted by Gasteiger charge is 2.38. The number of hydrogen-bond donors (Lipinski definition) is 7. The Morgan fingerprint density at radius 1 is 0.776 bits per heavy atom. The number of hydrogen-bond acceptors (Lipinski definition) is 9. The highest BCUT2D eigenvalue weighted by atomic mass is 16.5. The molecule has 312 valence electrons. The fourth-order valence-corrected chi connectivity index (χ4v) is 6.91. The molecule has 58 heavy (non-hydrogen) atoms. The van der Waals surface area contributed by atoms with Crippen molar-refractivity contribution in [3.05, 3.63) is 108 Å². The molecule has 1 aliphatic rings. The summed E-state index contributed by atoms with van der Waals surface area (Å²) in [5.41, 5.74) is 7.83. The van der Waals surface area contributed by atoms with Crippen LogP contribution in [0.3, 0.4) is 0 Å². The molecule has 2 unspecified atom stereocenters. The molecule has 7 atom stereocenters. The third kappa shape index (κ3) is 14.0. The van der Waals surface area contributed by atoms with Crippen molar-refractivity contribution in [1.82, 2.24) is 31.5 Å². The minimum absolute atomic E-state index is 0.0150. The Morgan fingerprint density at radius 3 is 1.93 bits per heavy atom. The normalized spacial score (nSPS) is 17.0. The number of nitrogens with two attached hydrogens (primary N) is 1. The van der Waals surface area contributed by atoms with Crippen molar-refractivity contribution >= 4 is 35.6 Å². The van der Waals surface area contributed by atoms with Gasteiger partial charge in [-0.1, -0.05) is 111 Å². The first-order chi connectivity index (χ1) is 27.9. The topological polar surface area (TPSA) is 221 Å². The van der Waals surface area contributed by atoms with Crippen LogP contribution in [-0.2, 0) is 48.2 Å². The molecule has 4 rings (SSSR count). The van der Waals surface area contributed by atoms with Crippen molar-refractivity contribution in [2.75, 3.05) is 20.1 Å². The molecule has 1 saturated heterocycles. The molecular weight excluding hydrogens is 743 g/mol. The number of aliphatic hydroxyl groups excluding tert-OH is 1. The van der Waals surface area contributed by atoms with Crippen LogP contribution in [0, 0.1) is 5.92 Å². The van der Waals surface area contributed by atoms with Crippen LogP contribution in [0.4, 0.5) is 4.79 Å². The lowest BCUT2D eigenvalue weighted by Crippen LogP contribution is -2.59. The Morgan fingerprint density at radius 2 is 1.36 bits per heavy atom. The molecule has 3 aromatic carbocycles. The summed E-state index contributed by atoms with van der Waals surface area (Å²) < 4.78 is 5.26. The first-order valence-corrected chi connectivity index (χ1v) is 19.8. The van der Waals surface area contributed by atoms with Crippen LogP contribution in [0.1, 0.15) is 56.2 Å². The lowest BCUT2D eigenvalue weighted by molar-refractivity contribution is -0.134. The Bertz CT molecular complexity index is 1800. The molecule has 0 aliphatic carbocycles. The molecule has 8 N–H and O–H groups in total. The van der Waals surface area contributed by atoms with E-state index in [1.165, 1.54) is 7.05 Å². The largest absolute Gasteiger partial charge is 0.445 e. The zero-order chi connectivity index (χ0) is 42.0. The number of nitrogens with one attached hydrogen (secondary N) is 5. The minimum atomic E-state index is -1.39. The first-order valence-electron chi connectivity index (χ1n) is 19.8. The van der Waals surface area contributed by atoms with Crippen molar-refractivity contribution < 1.29 is 38.6 Å². The zero-order valence-electron chi connectivity index (χ0n) is 33.4. The molecular formula is C43H57N7O8. The Labute approximate surface area is 339 Å². The van der Waals surface area contributed by atoms with E-state index in [1.807, 2.05) is 85.5 Å². The van der Waals surface area contributed by atoms with E-state index in [2.05, 4.69) is 26.6 Å². The van der Waals surface area contributed by atoms with Gasteiger partial charge in [0.25, 0.3) is 0 Å². The van der Waals surface area contributed by atoms with Gasteiger partial charge in [-0.05, 0) is 48.4 Å². The molecule has 0 spiro atoms. The maximum Gasteiger partial charge on any atom is 0.408 e. The lowest BCUT2D eigenvalue weighted by atomic mass is 9.96. The van der Waals surface area contributed by atoms with E-state index in [0.717, 1.165) is 16.7 Å². The fourth-order valence-electron chi connectivity index (χ4n) is 6.91. The molecule has 1 heterocycles. The lowest BCUT2D eigenvalue weighted by Gasteiger charge is -2.33. The summed E-state index contributed by atoms with van der Waals surface area (Å²) in [4.78, 5) is 80.7. The van der Waals surface area contributed by atoms with Crippen molar-refractivity contribution in [3.63, 3.8) is 0 Å². The molecule has 1 aliphatic heterocycles. The van der Waals surface area contributed by atoms with E-state index in [4.69, 9.17) is 10.5 Å². The highest BCUT2D eigenvalue weighted by molar-refractivity contribution is 5.93. The van der Waals surface area contributed by atoms with Crippen LogP contribution in [0.25, 0.3) is 0 Å². The highest BCUT2D eigenvalue weighted by Crippen LogP contribution is 2.21. The molecule has 3 aromatic rings. The van der Waals surface area contributed by atoms with Gasteiger partial charge in [0.05, 0.1) is 24.6 Å². The molecule has 6 amide bonds. The van der Waals surface area contributed by atoms with E-state index in [9.17, 15) is 33.9 Å². The van der Waals surface area contributed by atoms with Gasteiger partial charge in [0, 0.05) is 20.0 Å². The Kier molecular flexibility index (Phi) is 17.7. The molecule has 1 fully saturated rings. The van der Waals surface area contributed by atoms with Gasteiger partial charge in [0.1, 0.15) is 24.7 Å². The summed E-state index contributed by atoms with van der Waals surface area (Å²) in [7, 11) is 1.50. The maximum absolute atomic E-state index is 14.0. The number of ether oxygens (including phenoxy) is 1. The third-order valence-electron chi connectivity index (χ3n) is 10.4. The predicted octanol–water partition coefficient (Wildman–Crippen LogP) is 1.71. The van der Waals surface area contributed by atoms with Crippen LogP contribution in [0.5, 0.6) is 0 Å². The first kappa shape index (κ1) is 44.9. The second-order valence-corrected chi connectivity index (χ2v) is 14.7. The fraction of sp³-hybridized carbons (Fsp3) is 0.442. The summed E-state index contributed by atoms with van der Waals surface area (Å²) in [5.74, 6) is -3.09. The number of nitrogens with zero attached hydrogens (tertiary/aromatic N) is 1. The van der Waals surface area contributed by atoms with Gasteiger partial charge in [-0.3, -0.25) is 28.9 Å². The van der Waals surface area contributed by atoms with Crippen molar-refractivity contribution in [2.24, 2.45) is 11.7 Å². The molecule has 15 nitrogen and oxygen atoms in total. The van der Waals surface area contributed by atoms with E-state index in [0.29, 0.717) is 25.8 Å². The molecule has 0 saturated carbocycles. The number of β-amino-alcohol motifs (C(OH)–C–C–N with tert-alkyl or cyclic N) is 1. The summed E-state index contributed by atoms with van der Waals surface area (Å²) in [6, 6.07) is 22.6. The summed E-state index contributed by atoms with van der Waals surface area (Å²) >= 11 is 0. The number of aliphatic hydroxyl groups is 1. The number of likely N-dealkylation sites (tertiary alicyclic amines) is 1. The van der Waals surface area contributed by atoms with E-state index < -0.39 is 72.5 Å². The Balaban J connectivity index is 1.45. The predicted molar refractivity (Wildman–Crippen MR) is 218 cm³/mol. The Hall–Kier alpha value is -5.80. The summed E-state index contributed by atoms with van der Waals surface area (Å²) in [5, 5.41) is 25.4. The van der Waals surface area contributed by atoms with Crippen LogP contribution < -0.4 is 32.3 Å². The average molecular weight is 800 g/mol. The smallest absolute Gasteiger partial charge is 0.408 e. The maximum atomic E-state index is 14.0. The van der Waals surface area contributed by atoms with Crippen molar-refractivity contribution in [3.8, 4) is 0 Å². The molecule has 0 radical (unpaired) electrons. The van der Waals surface area contributed by atoms with Gasteiger partial charge in [-0.2, -0.15) is 0 Å². The standard InChI is InChI=1S/C43H57N7O8/c1-4-28(2)38(42(56)47-33(39(53)45-3)24-30-17-10-6-11-18-30)49-41(55)35-21-14-22-50(35)26-36(51)32(23-29-15-8-5-9-16-29)46-40(54)34(25-37(44)52)48-43(57)58-27-31-19-12-7-13-20-31/h5-13,15-20,28,32-36,38,51H,4,14,21-27H2,1-3H3,(H2,44,52)(H,45,53)(H,46,54)(H,47,56)(H,48,57)(H,49,55)/t28?,32-,33-,34-,35-,36?,38-/m0/s1. The van der Waals surface area contributed by atoms with Crippen LogP contribution >= 0.6 is 0 Å². The SMILES string of the molecule is CCC(C)[C@H](NC(=O)[C@@H]1CCCN1CC(O)[C@H](Cc1ccccc1)NC(=O)[C@H](CC(N)=O)NC(=O)OCc1ccccc1)C(=O)N[C@@H](Cc1ccccc1)C(=O)NC. The summed E-state index contributed by atoms with van der Waals surface area (Å²) in [6.07, 6.45) is -0.522. The minimum Gasteiger partial charge on any atom is -0.445 e. The van der Waals surface area contributed by atoms with Gasteiger partial charge in [0.2, 0.25) is 29.5 Å². The van der Waals surface area contributed by atoms with Gasteiger partial charge < -0.3 is 42.2 Å². The average Bonchev–Trinajstić information content (AvgIpc) is 3.69. The van der Waals surface area contributed by atoms with E-state index in [-0.39, 0.29) is 37.8 Å². The van der Waals surface area contributed by atoms with Crippen LogP contribution in [0.15, 0.2) is 91.0 Å². The summed E-state index contributed by atoms with van der Waals surface area (Å²) in [6.45, 7) is 4.15. The second-order valence-electron chi connectivity index (χ2n) is 14.7. The number of primary amides is 1. The van der Waals surface area contributed by atoms with Crippen LogP contribution in [0.2, 0.25) is 0 Å². The van der Waals surface area contributed by atoms with Crippen molar-refractivity contribution in [2.45, 2.75) is 95.3 Å². The molecule has 15 heteroatoms. The number of likely N-dealkylation sites (N-methyl/N-ethyl adjacent to an activating group) is 1. The zero-order valence-corrected chi connectivity index (χ0v) is 33.4. The van der Waals surface area contributed by atoms with Crippen molar-refractivity contribution in [1.29, 1.82) is 0 Å². The van der Waals surface area contributed by atoms with Gasteiger partial charge >= 0.3 is 6.09 Å². The second kappa shape index (κ2) is 22.8.